The minimum Gasteiger partial charge on any atom is -0.397 e. The Bertz CT molecular complexity index is 689. The summed E-state index contributed by atoms with van der Waals surface area (Å²) in [6.45, 7) is 1.73. The van der Waals surface area contributed by atoms with E-state index < -0.39 is 23.1 Å². The van der Waals surface area contributed by atoms with Crippen molar-refractivity contribution < 1.29 is 13.6 Å². The largest absolute Gasteiger partial charge is 0.397 e. The van der Waals surface area contributed by atoms with Gasteiger partial charge in [0.1, 0.15) is 17.2 Å². The molecule has 0 radical (unpaired) electrons. The summed E-state index contributed by atoms with van der Waals surface area (Å²) in [7, 11) is 0. The van der Waals surface area contributed by atoms with E-state index in [2.05, 4.69) is 37.2 Å². The van der Waals surface area contributed by atoms with Crippen molar-refractivity contribution in [2.45, 2.75) is 6.92 Å². The van der Waals surface area contributed by atoms with Crippen LogP contribution in [0.1, 0.15) is 15.9 Å². The third kappa shape index (κ3) is 3.41. The van der Waals surface area contributed by atoms with Crippen LogP contribution in [0, 0.1) is 18.6 Å². The molecule has 0 heterocycles. The standard InChI is InChI=1S/C14H10Br2F2N2O/c1-6-2-7(15)5-11(19)13(6)20-14(21)12-9(17)3-8(16)4-10(12)18/h2-5H,19H2,1H3,(H,20,21). The van der Waals surface area contributed by atoms with Gasteiger partial charge in [-0.05, 0) is 36.8 Å². The van der Waals surface area contributed by atoms with Gasteiger partial charge >= 0.3 is 0 Å². The lowest BCUT2D eigenvalue weighted by Gasteiger charge is -2.13. The van der Waals surface area contributed by atoms with Gasteiger partial charge in [-0.2, -0.15) is 0 Å². The molecular weight excluding hydrogens is 410 g/mol. The van der Waals surface area contributed by atoms with E-state index in [0.717, 1.165) is 16.6 Å². The molecule has 2 rings (SSSR count). The highest BCUT2D eigenvalue weighted by Gasteiger charge is 2.20. The van der Waals surface area contributed by atoms with Gasteiger partial charge in [-0.1, -0.05) is 31.9 Å². The summed E-state index contributed by atoms with van der Waals surface area (Å²) < 4.78 is 28.5. The highest BCUT2D eigenvalue weighted by Crippen LogP contribution is 2.29. The fourth-order valence-electron chi connectivity index (χ4n) is 1.87. The molecule has 0 unspecified atom stereocenters. The summed E-state index contributed by atoms with van der Waals surface area (Å²) in [6, 6.07) is 5.38. The van der Waals surface area contributed by atoms with Crippen molar-refractivity contribution in [2.24, 2.45) is 0 Å². The Labute approximate surface area is 136 Å². The Hall–Kier alpha value is -1.47. The van der Waals surface area contributed by atoms with Gasteiger partial charge in [-0.15, -0.1) is 0 Å². The van der Waals surface area contributed by atoms with Gasteiger partial charge < -0.3 is 11.1 Å². The second-order valence-electron chi connectivity index (χ2n) is 4.39. The van der Waals surface area contributed by atoms with E-state index in [0.29, 0.717) is 16.9 Å². The summed E-state index contributed by atoms with van der Waals surface area (Å²) in [5.41, 5.74) is 6.45. The normalized spacial score (nSPS) is 10.5. The number of halogens is 4. The van der Waals surface area contributed by atoms with E-state index in [4.69, 9.17) is 5.73 Å². The monoisotopic (exact) mass is 418 g/mol. The first-order valence-corrected chi connectivity index (χ1v) is 7.39. The molecule has 2 aromatic rings. The van der Waals surface area contributed by atoms with Crippen LogP contribution in [0.3, 0.4) is 0 Å². The van der Waals surface area contributed by atoms with Crippen LogP contribution in [0.25, 0.3) is 0 Å². The molecule has 0 fully saturated rings. The van der Waals surface area contributed by atoms with Crippen molar-refractivity contribution in [3.8, 4) is 0 Å². The average molecular weight is 420 g/mol. The van der Waals surface area contributed by atoms with E-state index >= 15 is 0 Å². The number of hydrogen-bond donors (Lipinski definition) is 2. The number of rotatable bonds is 2. The Kier molecular flexibility index (Phi) is 4.63. The maximum absolute atomic E-state index is 13.8. The smallest absolute Gasteiger partial charge is 0.261 e. The molecule has 1 amide bonds. The number of hydrogen-bond acceptors (Lipinski definition) is 2. The third-order valence-electron chi connectivity index (χ3n) is 2.80. The molecule has 0 saturated carbocycles. The van der Waals surface area contributed by atoms with Crippen LogP contribution in [0.5, 0.6) is 0 Å². The molecule has 0 aromatic heterocycles. The molecule has 0 aliphatic heterocycles. The summed E-state index contributed by atoms with van der Waals surface area (Å²) in [5.74, 6) is -2.80. The van der Waals surface area contributed by atoms with Crippen LogP contribution in [0.2, 0.25) is 0 Å². The number of carbonyl (C=O) groups excluding carboxylic acids is 1. The zero-order valence-corrected chi connectivity index (χ0v) is 14.0. The molecule has 0 aliphatic carbocycles. The number of nitrogens with two attached hydrogens (primary N) is 1. The Morgan fingerprint density at radius 2 is 1.62 bits per heavy atom. The molecule has 110 valence electrons. The van der Waals surface area contributed by atoms with Gasteiger partial charge in [-0.3, -0.25) is 4.79 Å². The number of carbonyl (C=O) groups is 1. The minimum atomic E-state index is -0.951. The number of nitrogens with one attached hydrogen (secondary N) is 1. The molecule has 0 aliphatic rings. The molecule has 21 heavy (non-hydrogen) atoms. The minimum absolute atomic E-state index is 0.216. The summed E-state index contributed by atoms with van der Waals surface area (Å²) >= 11 is 6.23. The van der Waals surface area contributed by atoms with Crippen LogP contribution >= 0.6 is 31.9 Å². The predicted octanol–water partition coefficient (Wildman–Crippen LogP) is 4.63. The fourth-order valence-corrected chi connectivity index (χ4v) is 2.87. The molecule has 7 heteroatoms. The van der Waals surface area contributed by atoms with Crippen molar-refractivity contribution in [1.29, 1.82) is 0 Å². The quantitative estimate of drug-likeness (QED) is 0.697. The molecular formula is C14H10Br2F2N2O. The second kappa shape index (κ2) is 6.11. The average Bonchev–Trinajstić information content (AvgIpc) is 2.32. The summed E-state index contributed by atoms with van der Waals surface area (Å²) in [6.07, 6.45) is 0. The van der Waals surface area contributed by atoms with Crippen molar-refractivity contribution in [3.63, 3.8) is 0 Å². The van der Waals surface area contributed by atoms with Crippen molar-refractivity contribution in [2.75, 3.05) is 11.1 Å². The van der Waals surface area contributed by atoms with Crippen molar-refractivity contribution in [1.82, 2.24) is 0 Å². The number of benzene rings is 2. The van der Waals surface area contributed by atoms with Crippen LogP contribution in [0.4, 0.5) is 20.2 Å². The Balaban J connectivity index is 2.40. The van der Waals surface area contributed by atoms with Crippen LogP contribution in [-0.2, 0) is 0 Å². The molecule has 2 aromatic carbocycles. The summed E-state index contributed by atoms with van der Waals surface area (Å²) in [5, 5.41) is 2.44. The summed E-state index contributed by atoms with van der Waals surface area (Å²) in [4.78, 5) is 12.1. The topological polar surface area (TPSA) is 55.1 Å². The van der Waals surface area contributed by atoms with Gasteiger partial charge in [0.25, 0.3) is 5.91 Å². The third-order valence-corrected chi connectivity index (χ3v) is 3.72. The zero-order chi connectivity index (χ0) is 15.7. The molecule has 0 bridgehead atoms. The van der Waals surface area contributed by atoms with Gasteiger partial charge in [0.15, 0.2) is 0 Å². The SMILES string of the molecule is Cc1cc(Br)cc(N)c1NC(=O)c1c(F)cc(Br)cc1F. The van der Waals surface area contributed by atoms with E-state index in [1.165, 1.54) is 0 Å². The Morgan fingerprint density at radius 3 is 2.14 bits per heavy atom. The zero-order valence-electron chi connectivity index (χ0n) is 10.8. The highest BCUT2D eigenvalue weighted by atomic mass is 79.9. The predicted molar refractivity (Wildman–Crippen MR) is 85.3 cm³/mol. The van der Waals surface area contributed by atoms with Crippen molar-refractivity contribution in [3.05, 3.63) is 56.0 Å². The number of amides is 1. The van der Waals surface area contributed by atoms with Gasteiger partial charge in [0, 0.05) is 8.95 Å². The van der Waals surface area contributed by atoms with Gasteiger partial charge in [0.05, 0.1) is 11.4 Å². The van der Waals surface area contributed by atoms with Gasteiger partial charge in [-0.25, -0.2) is 8.78 Å². The number of aryl methyl sites for hydroxylation is 1. The number of nitrogen functional groups attached to an aromatic ring is 1. The van der Waals surface area contributed by atoms with Crippen LogP contribution in [0.15, 0.2) is 33.2 Å². The fraction of sp³-hybridized carbons (Fsp3) is 0.0714. The van der Waals surface area contributed by atoms with Gasteiger partial charge in [0.2, 0.25) is 0 Å². The first-order chi connectivity index (χ1) is 9.79. The van der Waals surface area contributed by atoms with Crippen molar-refractivity contribution >= 4 is 49.1 Å². The molecule has 0 atom stereocenters. The van der Waals surface area contributed by atoms with E-state index in [-0.39, 0.29) is 4.47 Å². The Morgan fingerprint density at radius 1 is 1.10 bits per heavy atom. The maximum atomic E-state index is 13.8. The first-order valence-electron chi connectivity index (χ1n) is 5.81. The van der Waals surface area contributed by atoms with Crippen LogP contribution < -0.4 is 11.1 Å². The molecule has 3 nitrogen and oxygen atoms in total. The highest BCUT2D eigenvalue weighted by molar-refractivity contribution is 9.10. The first kappa shape index (κ1) is 15.9. The molecule has 0 spiro atoms. The lowest BCUT2D eigenvalue weighted by molar-refractivity contribution is 0.101. The molecule has 3 N–H and O–H groups in total. The molecule has 0 saturated heterocycles. The lowest BCUT2D eigenvalue weighted by Crippen LogP contribution is -2.17. The van der Waals surface area contributed by atoms with E-state index in [9.17, 15) is 13.6 Å². The van der Waals surface area contributed by atoms with E-state index in [1.807, 2.05) is 0 Å². The lowest BCUT2D eigenvalue weighted by atomic mass is 10.1. The second-order valence-corrected chi connectivity index (χ2v) is 6.22. The number of anilines is 2. The maximum Gasteiger partial charge on any atom is 0.261 e. The van der Waals surface area contributed by atoms with E-state index in [1.54, 1.807) is 19.1 Å². The van der Waals surface area contributed by atoms with Crippen LogP contribution in [-0.4, -0.2) is 5.91 Å².